The molecule has 0 atom stereocenters. The summed E-state index contributed by atoms with van der Waals surface area (Å²) in [5, 5.41) is 16.4. The largest absolute Gasteiger partial charge is 0.478 e. The van der Waals surface area contributed by atoms with E-state index in [0.717, 1.165) is 17.0 Å². The van der Waals surface area contributed by atoms with Gasteiger partial charge in [-0.05, 0) is 42.8 Å². The van der Waals surface area contributed by atoms with Gasteiger partial charge >= 0.3 is 5.97 Å². The summed E-state index contributed by atoms with van der Waals surface area (Å²) in [4.78, 5) is 15.1. The first-order chi connectivity index (χ1) is 10.0. The fourth-order valence-corrected chi connectivity index (χ4v) is 2.32. The molecule has 0 aliphatic rings. The first kappa shape index (κ1) is 13.4. The van der Waals surface area contributed by atoms with E-state index in [2.05, 4.69) is 15.4 Å². The second-order valence-electron chi connectivity index (χ2n) is 4.57. The number of benzene rings is 1. The van der Waals surface area contributed by atoms with E-state index in [9.17, 15) is 4.79 Å². The van der Waals surface area contributed by atoms with Crippen LogP contribution in [0.1, 0.15) is 15.9 Å². The minimum Gasteiger partial charge on any atom is -0.478 e. The summed E-state index contributed by atoms with van der Waals surface area (Å²) in [6.07, 6.45) is 1.47. The number of halogens is 1. The minimum atomic E-state index is -1.05. The second-order valence-corrected chi connectivity index (χ2v) is 4.98. The van der Waals surface area contributed by atoms with E-state index >= 15 is 0 Å². The van der Waals surface area contributed by atoms with Crippen molar-refractivity contribution in [2.75, 3.05) is 5.32 Å². The Labute approximate surface area is 125 Å². The van der Waals surface area contributed by atoms with E-state index in [1.807, 2.05) is 19.1 Å². The smallest absolute Gasteiger partial charge is 0.337 e. The van der Waals surface area contributed by atoms with Gasteiger partial charge in [-0.2, -0.15) is 9.61 Å². The highest BCUT2D eigenvalue weighted by Crippen LogP contribution is 2.24. The van der Waals surface area contributed by atoms with E-state index in [0.29, 0.717) is 5.69 Å². The van der Waals surface area contributed by atoms with Gasteiger partial charge in [-0.1, -0.05) is 11.6 Å². The molecule has 0 bridgehead atoms. The van der Waals surface area contributed by atoms with Gasteiger partial charge in [-0.3, -0.25) is 0 Å². The number of fused-ring (bicyclic) bond motifs is 1. The molecule has 0 aliphatic heterocycles. The number of aromatic nitrogens is 3. The Morgan fingerprint density at radius 1 is 1.33 bits per heavy atom. The van der Waals surface area contributed by atoms with E-state index in [1.54, 1.807) is 16.6 Å². The highest BCUT2D eigenvalue weighted by atomic mass is 35.5. The molecule has 0 saturated carbocycles. The molecule has 21 heavy (non-hydrogen) atoms. The Balaban J connectivity index is 2.00. The van der Waals surface area contributed by atoms with Crippen molar-refractivity contribution >= 4 is 34.7 Å². The predicted octanol–water partition coefficient (Wildman–Crippen LogP) is 3.13. The van der Waals surface area contributed by atoms with Gasteiger partial charge in [-0.15, -0.1) is 0 Å². The Kier molecular flexibility index (Phi) is 3.23. The van der Waals surface area contributed by atoms with Crippen molar-refractivity contribution in [2.45, 2.75) is 6.92 Å². The summed E-state index contributed by atoms with van der Waals surface area (Å²) in [7, 11) is 0. The van der Waals surface area contributed by atoms with Crippen molar-refractivity contribution in [3.05, 3.63) is 52.8 Å². The molecular formula is C14H11ClN4O2. The molecule has 1 aromatic carbocycles. The van der Waals surface area contributed by atoms with Crippen LogP contribution in [0, 0.1) is 6.92 Å². The Morgan fingerprint density at radius 3 is 2.86 bits per heavy atom. The van der Waals surface area contributed by atoms with Crippen molar-refractivity contribution in [1.29, 1.82) is 0 Å². The third kappa shape index (κ3) is 2.53. The van der Waals surface area contributed by atoms with Crippen LogP contribution in [-0.4, -0.2) is 25.7 Å². The minimum absolute atomic E-state index is 0.0670. The monoisotopic (exact) mass is 302 g/mol. The van der Waals surface area contributed by atoms with Crippen LogP contribution < -0.4 is 5.32 Å². The molecule has 0 unspecified atom stereocenters. The molecule has 3 aromatic rings. The molecule has 7 heteroatoms. The number of carboxylic acid groups (broad SMARTS) is 1. The number of nitrogens with zero attached hydrogens (tertiary/aromatic N) is 3. The lowest BCUT2D eigenvalue weighted by Gasteiger charge is -2.10. The Hall–Kier alpha value is -2.60. The number of hydrogen-bond acceptors (Lipinski definition) is 4. The van der Waals surface area contributed by atoms with Crippen LogP contribution in [-0.2, 0) is 0 Å². The number of pyridine rings is 1. The van der Waals surface area contributed by atoms with Crippen LogP contribution in [0.3, 0.4) is 0 Å². The average Bonchev–Trinajstić information content (AvgIpc) is 2.86. The van der Waals surface area contributed by atoms with Crippen LogP contribution in [0.25, 0.3) is 5.65 Å². The van der Waals surface area contributed by atoms with Crippen LogP contribution in [0.4, 0.5) is 11.5 Å². The van der Waals surface area contributed by atoms with E-state index in [4.69, 9.17) is 16.7 Å². The molecule has 0 radical (unpaired) electrons. The van der Waals surface area contributed by atoms with Crippen LogP contribution in [0.5, 0.6) is 0 Å². The summed E-state index contributed by atoms with van der Waals surface area (Å²) < 4.78 is 1.66. The molecular weight excluding hydrogens is 292 g/mol. The number of hydrogen-bond donors (Lipinski definition) is 2. The normalized spacial score (nSPS) is 10.8. The molecule has 0 fully saturated rings. The number of carbonyl (C=O) groups is 1. The first-order valence-electron chi connectivity index (χ1n) is 6.15. The molecule has 0 amide bonds. The molecule has 0 aliphatic carbocycles. The van der Waals surface area contributed by atoms with E-state index in [1.165, 1.54) is 12.4 Å². The van der Waals surface area contributed by atoms with Gasteiger partial charge < -0.3 is 10.4 Å². The zero-order valence-electron chi connectivity index (χ0n) is 11.0. The number of aromatic carboxylic acids is 1. The van der Waals surface area contributed by atoms with Crippen LogP contribution in [0.2, 0.25) is 5.02 Å². The number of nitrogens with one attached hydrogen (secondary N) is 1. The molecule has 0 saturated heterocycles. The average molecular weight is 303 g/mol. The van der Waals surface area contributed by atoms with Gasteiger partial charge in [0, 0.05) is 5.69 Å². The van der Waals surface area contributed by atoms with E-state index in [-0.39, 0.29) is 10.6 Å². The van der Waals surface area contributed by atoms with Gasteiger partial charge in [0.15, 0.2) is 5.65 Å². The van der Waals surface area contributed by atoms with Gasteiger partial charge in [0.1, 0.15) is 12.1 Å². The number of carboxylic acids is 1. The lowest BCUT2D eigenvalue weighted by molar-refractivity contribution is 0.0697. The quantitative estimate of drug-likeness (QED) is 0.777. The van der Waals surface area contributed by atoms with Gasteiger partial charge in [-0.25, -0.2) is 9.78 Å². The fourth-order valence-electron chi connectivity index (χ4n) is 2.06. The maximum atomic E-state index is 10.9. The van der Waals surface area contributed by atoms with Crippen molar-refractivity contribution in [3.63, 3.8) is 0 Å². The number of rotatable bonds is 3. The molecule has 2 aromatic heterocycles. The summed E-state index contributed by atoms with van der Waals surface area (Å²) in [5.74, 6) is -0.331. The molecule has 3 rings (SSSR count). The first-order valence-corrected chi connectivity index (χ1v) is 6.52. The fraction of sp³-hybridized carbons (Fsp3) is 0.0714. The lowest BCUT2D eigenvalue weighted by Crippen LogP contribution is -2.02. The van der Waals surface area contributed by atoms with Crippen LogP contribution in [0.15, 0.2) is 36.7 Å². The van der Waals surface area contributed by atoms with E-state index < -0.39 is 5.97 Å². The summed E-state index contributed by atoms with van der Waals surface area (Å²) in [5.41, 5.74) is 2.50. The van der Waals surface area contributed by atoms with Crippen molar-refractivity contribution < 1.29 is 9.90 Å². The zero-order chi connectivity index (χ0) is 15.0. The third-order valence-electron chi connectivity index (χ3n) is 3.00. The van der Waals surface area contributed by atoms with Crippen LogP contribution >= 0.6 is 11.6 Å². The van der Waals surface area contributed by atoms with Gasteiger partial charge in [0.2, 0.25) is 0 Å². The third-order valence-corrected chi connectivity index (χ3v) is 3.31. The Morgan fingerprint density at radius 2 is 2.14 bits per heavy atom. The lowest BCUT2D eigenvalue weighted by atomic mass is 10.2. The molecule has 0 spiro atoms. The summed E-state index contributed by atoms with van der Waals surface area (Å²) in [6.45, 7) is 1.96. The van der Waals surface area contributed by atoms with Crippen molar-refractivity contribution in [2.24, 2.45) is 0 Å². The molecule has 2 heterocycles. The molecule has 2 N–H and O–H groups in total. The Bertz CT molecular complexity index is 844. The van der Waals surface area contributed by atoms with Gasteiger partial charge in [0.25, 0.3) is 0 Å². The predicted molar refractivity (Wildman–Crippen MR) is 79.4 cm³/mol. The second kappa shape index (κ2) is 5.06. The standard InChI is InChI=1S/C14H11ClN4O2/c1-8-4-12-16-7-17-19(12)13(5-8)18-9-2-3-10(14(20)21)11(15)6-9/h2-7,18H,1H3,(H,20,21). The zero-order valence-corrected chi connectivity index (χ0v) is 11.8. The number of aryl methyl sites for hydroxylation is 1. The van der Waals surface area contributed by atoms with Crippen molar-refractivity contribution in [1.82, 2.24) is 14.6 Å². The SMILES string of the molecule is Cc1cc(Nc2ccc(C(=O)O)c(Cl)c2)n2ncnc2c1. The highest BCUT2D eigenvalue weighted by molar-refractivity contribution is 6.33. The summed E-state index contributed by atoms with van der Waals surface area (Å²) >= 11 is 5.96. The highest BCUT2D eigenvalue weighted by Gasteiger charge is 2.10. The number of anilines is 2. The van der Waals surface area contributed by atoms with Gasteiger partial charge in [0.05, 0.1) is 10.6 Å². The van der Waals surface area contributed by atoms with Crippen molar-refractivity contribution in [3.8, 4) is 0 Å². The molecule has 106 valence electrons. The topological polar surface area (TPSA) is 79.5 Å². The molecule has 6 nitrogen and oxygen atoms in total. The maximum absolute atomic E-state index is 10.9. The maximum Gasteiger partial charge on any atom is 0.337 e. The summed E-state index contributed by atoms with van der Waals surface area (Å²) in [6, 6.07) is 8.51.